The molecule has 0 unspecified atom stereocenters. The lowest BCUT2D eigenvalue weighted by Crippen LogP contribution is -2.30. The van der Waals surface area contributed by atoms with Crippen molar-refractivity contribution in [2.75, 3.05) is 6.61 Å². The third-order valence-corrected chi connectivity index (χ3v) is 6.98. The molecule has 0 bridgehead atoms. The second kappa shape index (κ2) is 9.95. The molecule has 3 rings (SSSR count). The van der Waals surface area contributed by atoms with Crippen molar-refractivity contribution in [2.24, 2.45) is 0 Å². The molecule has 2 heterocycles. The molecule has 0 saturated heterocycles. The Bertz CT molecular complexity index is 1160. The molecule has 0 radical (unpaired) electrons. The van der Waals surface area contributed by atoms with Gasteiger partial charge in [0.2, 0.25) is 5.91 Å². The molecule has 0 fully saturated rings. The molecule has 6 nitrogen and oxygen atoms in total. The average molecular weight is 486 g/mol. The summed E-state index contributed by atoms with van der Waals surface area (Å²) in [6, 6.07) is 6.05. The minimum Gasteiger partial charge on any atom is -0.484 e. The normalized spacial score (nSPS) is 12.7. The van der Waals surface area contributed by atoms with E-state index < -0.39 is 18.0 Å². The standard InChI is InChI=1S/C21H22F3N3O3S2/c1-11-12(2)32-20-17(11)19(29)26-16(27-20)9-31-13(3)18(28)25-8-14-4-6-15(7-5-14)30-10-21(22,23)24/h4-7,13H,8-10H2,1-3H3,(H,25,28)(H,26,27,29)/t13-/m1/s1. The van der Waals surface area contributed by atoms with Crippen LogP contribution in [-0.2, 0) is 17.1 Å². The number of hydrogen-bond acceptors (Lipinski definition) is 6. The number of nitrogens with zero attached hydrogens (tertiary/aromatic N) is 1. The highest BCUT2D eigenvalue weighted by Gasteiger charge is 2.28. The van der Waals surface area contributed by atoms with E-state index >= 15 is 0 Å². The fraction of sp³-hybridized carbons (Fsp3) is 0.381. The van der Waals surface area contributed by atoms with Gasteiger partial charge in [-0.15, -0.1) is 23.1 Å². The first kappa shape index (κ1) is 24.1. The minimum absolute atomic E-state index is 0.107. The van der Waals surface area contributed by atoms with E-state index in [-0.39, 0.29) is 23.8 Å². The van der Waals surface area contributed by atoms with Gasteiger partial charge < -0.3 is 15.0 Å². The molecule has 32 heavy (non-hydrogen) atoms. The van der Waals surface area contributed by atoms with Crippen LogP contribution in [0.25, 0.3) is 10.2 Å². The monoisotopic (exact) mass is 485 g/mol. The lowest BCUT2D eigenvalue weighted by atomic mass is 10.2. The number of thioether (sulfide) groups is 1. The molecule has 1 atom stereocenters. The molecule has 0 aliphatic carbocycles. The fourth-order valence-electron chi connectivity index (χ4n) is 2.85. The maximum absolute atomic E-state index is 12.4. The summed E-state index contributed by atoms with van der Waals surface area (Å²) in [6.07, 6.45) is -4.39. The molecular weight excluding hydrogens is 463 g/mol. The number of aromatic amines is 1. The van der Waals surface area contributed by atoms with Crippen LogP contribution in [0.3, 0.4) is 0 Å². The number of fused-ring (bicyclic) bond motifs is 1. The number of alkyl halides is 3. The quantitative estimate of drug-likeness (QED) is 0.492. The van der Waals surface area contributed by atoms with Crippen molar-refractivity contribution in [2.45, 2.75) is 44.5 Å². The number of aryl methyl sites for hydroxylation is 2. The molecule has 3 aromatic rings. The predicted octanol–water partition coefficient (Wildman–Crippen LogP) is 4.48. The molecule has 11 heteroatoms. The lowest BCUT2D eigenvalue weighted by molar-refractivity contribution is -0.153. The van der Waals surface area contributed by atoms with E-state index in [2.05, 4.69) is 20.0 Å². The van der Waals surface area contributed by atoms with Crippen molar-refractivity contribution in [3.8, 4) is 5.75 Å². The van der Waals surface area contributed by atoms with Gasteiger partial charge >= 0.3 is 6.18 Å². The number of carbonyl (C=O) groups is 1. The molecule has 2 aromatic heterocycles. The smallest absolute Gasteiger partial charge is 0.422 e. The highest BCUT2D eigenvalue weighted by Crippen LogP contribution is 2.26. The number of benzene rings is 1. The Labute approximate surface area is 190 Å². The Kier molecular flexibility index (Phi) is 7.50. The number of thiophene rings is 1. The van der Waals surface area contributed by atoms with Crippen LogP contribution in [-0.4, -0.2) is 33.9 Å². The number of hydrogen-bond donors (Lipinski definition) is 2. The first-order valence-electron chi connectivity index (χ1n) is 9.70. The molecule has 0 saturated carbocycles. The van der Waals surface area contributed by atoms with Gasteiger partial charge in [-0.3, -0.25) is 9.59 Å². The molecule has 0 spiro atoms. The fourth-order valence-corrected chi connectivity index (χ4v) is 4.68. The Morgan fingerprint density at radius 1 is 1.28 bits per heavy atom. The number of H-pyrrole nitrogens is 1. The highest BCUT2D eigenvalue weighted by atomic mass is 32.2. The van der Waals surface area contributed by atoms with Gasteiger partial charge in [0.25, 0.3) is 5.56 Å². The van der Waals surface area contributed by atoms with Crippen LogP contribution in [0.1, 0.15) is 28.8 Å². The summed E-state index contributed by atoms with van der Waals surface area (Å²) in [5.74, 6) is 0.804. The number of aromatic nitrogens is 2. The molecular formula is C21H22F3N3O3S2. The van der Waals surface area contributed by atoms with Crippen LogP contribution in [0.5, 0.6) is 5.75 Å². The van der Waals surface area contributed by atoms with Crippen molar-refractivity contribution >= 4 is 39.2 Å². The molecule has 0 aliphatic rings. The van der Waals surface area contributed by atoms with E-state index in [1.807, 2.05) is 13.8 Å². The van der Waals surface area contributed by atoms with E-state index in [0.29, 0.717) is 21.8 Å². The van der Waals surface area contributed by atoms with Gasteiger partial charge in [-0.2, -0.15) is 13.2 Å². The molecule has 1 amide bonds. The maximum atomic E-state index is 12.4. The predicted molar refractivity (Wildman–Crippen MR) is 120 cm³/mol. The molecule has 172 valence electrons. The number of carbonyl (C=O) groups excluding carboxylic acids is 1. The number of nitrogens with one attached hydrogen (secondary N) is 2. The lowest BCUT2D eigenvalue weighted by Gasteiger charge is -2.12. The highest BCUT2D eigenvalue weighted by molar-refractivity contribution is 7.99. The summed E-state index contributed by atoms with van der Waals surface area (Å²) < 4.78 is 41.2. The largest absolute Gasteiger partial charge is 0.484 e. The number of ether oxygens (including phenoxy) is 1. The van der Waals surface area contributed by atoms with Gasteiger partial charge in [-0.1, -0.05) is 12.1 Å². The van der Waals surface area contributed by atoms with Gasteiger partial charge in [0.1, 0.15) is 16.4 Å². The topological polar surface area (TPSA) is 84.1 Å². The second-order valence-corrected chi connectivity index (χ2v) is 9.73. The van der Waals surface area contributed by atoms with Crippen molar-refractivity contribution in [3.63, 3.8) is 0 Å². The van der Waals surface area contributed by atoms with E-state index in [4.69, 9.17) is 0 Å². The summed E-state index contributed by atoms with van der Waals surface area (Å²) >= 11 is 2.82. The van der Waals surface area contributed by atoms with Crippen LogP contribution in [0.2, 0.25) is 0 Å². The Balaban J connectivity index is 1.50. The van der Waals surface area contributed by atoms with Crippen LogP contribution >= 0.6 is 23.1 Å². The van der Waals surface area contributed by atoms with Gasteiger partial charge in [-0.25, -0.2) is 4.98 Å². The van der Waals surface area contributed by atoms with Gasteiger partial charge in [0.15, 0.2) is 6.61 Å². The van der Waals surface area contributed by atoms with Crippen LogP contribution in [0.15, 0.2) is 29.1 Å². The summed E-state index contributed by atoms with van der Waals surface area (Å²) in [5.41, 5.74) is 1.49. The third kappa shape index (κ3) is 6.26. The first-order valence-corrected chi connectivity index (χ1v) is 11.6. The number of rotatable bonds is 8. The average Bonchev–Trinajstić information content (AvgIpc) is 3.02. The number of halogens is 3. The summed E-state index contributed by atoms with van der Waals surface area (Å²) in [6.45, 7) is 4.49. The number of amides is 1. The summed E-state index contributed by atoms with van der Waals surface area (Å²) in [7, 11) is 0. The van der Waals surface area contributed by atoms with Crippen molar-refractivity contribution in [1.82, 2.24) is 15.3 Å². The summed E-state index contributed by atoms with van der Waals surface area (Å²) in [4.78, 5) is 33.8. The van der Waals surface area contributed by atoms with E-state index in [1.165, 1.54) is 35.2 Å². The van der Waals surface area contributed by atoms with Crippen molar-refractivity contribution in [1.29, 1.82) is 0 Å². The molecule has 0 aliphatic heterocycles. The van der Waals surface area contributed by atoms with Gasteiger partial charge in [0, 0.05) is 11.4 Å². The third-order valence-electron chi connectivity index (χ3n) is 4.72. The molecule has 2 N–H and O–H groups in total. The van der Waals surface area contributed by atoms with Crippen molar-refractivity contribution in [3.05, 3.63) is 56.4 Å². The Hall–Kier alpha value is -2.53. The minimum atomic E-state index is -4.39. The first-order chi connectivity index (χ1) is 15.0. The van der Waals surface area contributed by atoms with Gasteiger partial charge in [0.05, 0.1) is 16.4 Å². The zero-order valence-electron chi connectivity index (χ0n) is 17.6. The van der Waals surface area contributed by atoms with Crippen LogP contribution in [0, 0.1) is 13.8 Å². The zero-order chi connectivity index (χ0) is 23.5. The van der Waals surface area contributed by atoms with Crippen molar-refractivity contribution < 1.29 is 22.7 Å². The van der Waals surface area contributed by atoms with Crippen LogP contribution in [0.4, 0.5) is 13.2 Å². The second-order valence-electron chi connectivity index (χ2n) is 7.19. The summed E-state index contributed by atoms with van der Waals surface area (Å²) in [5, 5.41) is 3.01. The Morgan fingerprint density at radius 2 is 1.97 bits per heavy atom. The SMILES string of the molecule is Cc1sc2nc(CS[C@H](C)C(=O)NCc3ccc(OCC(F)(F)F)cc3)[nH]c(=O)c2c1C. The zero-order valence-corrected chi connectivity index (χ0v) is 19.3. The molecule has 1 aromatic carbocycles. The van der Waals surface area contributed by atoms with E-state index in [1.54, 1.807) is 19.1 Å². The van der Waals surface area contributed by atoms with Crippen LogP contribution < -0.4 is 15.6 Å². The van der Waals surface area contributed by atoms with Gasteiger partial charge in [-0.05, 0) is 44.0 Å². The maximum Gasteiger partial charge on any atom is 0.422 e. The van der Waals surface area contributed by atoms with E-state index in [9.17, 15) is 22.8 Å². The Morgan fingerprint density at radius 3 is 2.62 bits per heavy atom. The van der Waals surface area contributed by atoms with E-state index in [0.717, 1.165) is 16.0 Å².